The minimum Gasteiger partial charge on any atom is -0.385 e. The van der Waals surface area contributed by atoms with Crippen molar-refractivity contribution < 1.29 is 14.3 Å². The number of H-pyrrole nitrogens is 1. The van der Waals surface area contributed by atoms with Crippen LogP contribution in [0, 0.1) is 0 Å². The van der Waals surface area contributed by atoms with Crippen LogP contribution < -0.4 is 4.90 Å². The molecule has 5 aromatic rings. The molecule has 230 valence electrons. The molecular weight excluding hydrogens is 566 g/mol. The number of piperidine rings is 1. The fourth-order valence-corrected chi connectivity index (χ4v) is 6.94. The van der Waals surface area contributed by atoms with Crippen LogP contribution in [0.1, 0.15) is 44.1 Å². The van der Waals surface area contributed by atoms with Crippen molar-refractivity contribution in [3.8, 4) is 17.1 Å². The minimum atomic E-state index is -1.20. The monoisotopic (exact) mass is 603 g/mol. The quantitative estimate of drug-likeness (QED) is 0.265. The number of anilines is 1. The van der Waals surface area contributed by atoms with E-state index in [4.69, 9.17) is 9.84 Å². The number of amides is 2. The molecule has 45 heavy (non-hydrogen) atoms. The lowest BCUT2D eigenvalue weighted by molar-refractivity contribution is -0.135. The number of carbonyl (C=O) groups is 2. The van der Waals surface area contributed by atoms with E-state index in [1.165, 1.54) is 0 Å². The number of hydrogen-bond acceptors (Lipinski definition) is 6. The number of hydrogen-bond donors (Lipinski definition) is 1. The minimum absolute atomic E-state index is 0.0625. The van der Waals surface area contributed by atoms with Crippen molar-refractivity contribution in [2.75, 3.05) is 31.7 Å². The molecule has 2 amide bonds. The van der Waals surface area contributed by atoms with Crippen LogP contribution in [0.4, 0.5) is 5.69 Å². The molecule has 0 spiro atoms. The predicted octanol–water partition coefficient (Wildman–Crippen LogP) is 5.08. The summed E-state index contributed by atoms with van der Waals surface area (Å²) in [6.07, 6.45) is 4.01. The third-order valence-electron chi connectivity index (χ3n) is 9.29. The number of fused-ring (bicyclic) bond motifs is 4. The van der Waals surface area contributed by atoms with Gasteiger partial charge in [-0.15, -0.1) is 10.2 Å². The highest BCUT2D eigenvalue weighted by atomic mass is 16.5. The molecule has 0 bridgehead atoms. The number of ether oxygens (including phenoxy) is 1. The van der Waals surface area contributed by atoms with Gasteiger partial charge in [0.1, 0.15) is 12.0 Å². The first-order valence-corrected chi connectivity index (χ1v) is 15.6. The van der Waals surface area contributed by atoms with Gasteiger partial charge in [0.25, 0.3) is 0 Å². The van der Waals surface area contributed by atoms with Gasteiger partial charge in [0.05, 0.1) is 22.6 Å². The van der Waals surface area contributed by atoms with Crippen molar-refractivity contribution in [2.24, 2.45) is 0 Å². The molecule has 1 N–H and O–H groups in total. The van der Waals surface area contributed by atoms with Gasteiger partial charge >= 0.3 is 0 Å². The van der Waals surface area contributed by atoms with E-state index in [1.807, 2.05) is 95.3 Å². The van der Waals surface area contributed by atoms with Crippen LogP contribution in [0.15, 0.2) is 78.9 Å². The Balaban J connectivity index is 1.37. The van der Waals surface area contributed by atoms with Crippen LogP contribution in [0.25, 0.3) is 28.0 Å². The highest BCUT2D eigenvalue weighted by Crippen LogP contribution is 2.42. The smallest absolute Gasteiger partial charge is 0.242 e. The summed E-state index contributed by atoms with van der Waals surface area (Å²) in [4.78, 5) is 32.9. The van der Waals surface area contributed by atoms with Crippen molar-refractivity contribution in [2.45, 2.75) is 50.5 Å². The van der Waals surface area contributed by atoms with Gasteiger partial charge in [0.2, 0.25) is 11.8 Å². The van der Waals surface area contributed by atoms with Crippen LogP contribution in [0.2, 0.25) is 0 Å². The Bertz CT molecular complexity index is 1850. The summed E-state index contributed by atoms with van der Waals surface area (Å²) < 4.78 is 7.35. The van der Waals surface area contributed by atoms with E-state index in [1.54, 1.807) is 12.0 Å². The normalized spacial score (nSPS) is 19.8. The molecule has 10 heteroatoms. The Kier molecular flexibility index (Phi) is 7.66. The number of aromatic amines is 1. The van der Waals surface area contributed by atoms with Crippen LogP contribution in [-0.4, -0.2) is 74.5 Å². The Hall–Kier alpha value is -4.83. The predicted molar refractivity (Wildman–Crippen MR) is 172 cm³/mol. The standard InChI is InChI=1S/C35H37N7O3/c1-35(22-28-26-15-6-7-16-27(26)36-37-28)33-39-38-32(24-12-4-3-5-13-24)42(33)30-18-9-8-17-29(30)41(34(35)44)23-31(43)40-20-11-10-14-25(40)19-21-45-2/h3-9,12-13,15-18,25H,10-11,14,19-23H2,1-2H3,(H,36,37). The van der Waals surface area contributed by atoms with Crippen LogP contribution in [0.5, 0.6) is 0 Å². The molecule has 7 rings (SSSR count). The largest absolute Gasteiger partial charge is 0.385 e. The zero-order valence-electron chi connectivity index (χ0n) is 25.6. The third-order valence-corrected chi connectivity index (χ3v) is 9.29. The topological polar surface area (TPSA) is 109 Å². The molecule has 4 heterocycles. The average molecular weight is 604 g/mol. The molecule has 1 fully saturated rings. The van der Waals surface area contributed by atoms with Crippen molar-refractivity contribution in [1.82, 2.24) is 29.9 Å². The maximum Gasteiger partial charge on any atom is 0.242 e. The molecule has 2 aromatic heterocycles. The summed E-state index contributed by atoms with van der Waals surface area (Å²) in [5.41, 5.74) is 2.73. The first-order chi connectivity index (χ1) is 22.0. The number of para-hydroxylation sites is 3. The van der Waals surface area contributed by atoms with Crippen LogP contribution in [0.3, 0.4) is 0 Å². The summed E-state index contributed by atoms with van der Waals surface area (Å²) in [5, 5.41) is 18.1. The number of nitrogens with zero attached hydrogens (tertiary/aromatic N) is 6. The highest BCUT2D eigenvalue weighted by molar-refractivity contribution is 6.07. The van der Waals surface area contributed by atoms with Crippen LogP contribution in [-0.2, 0) is 26.2 Å². The zero-order chi connectivity index (χ0) is 31.0. The van der Waals surface area contributed by atoms with Crippen molar-refractivity contribution >= 4 is 28.4 Å². The molecule has 2 atom stereocenters. The van der Waals surface area contributed by atoms with E-state index in [0.29, 0.717) is 30.5 Å². The number of nitrogens with one attached hydrogen (secondary N) is 1. The first-order valence-electron chi connectivity index (χ1n) is 15.6. The molecule has 2 aliphatic heterocycles. The molecule has 0 saturated carbocycles. The van der Waals surface area contributed by atoms with Gasteiger partial charge < -0.3 is 14.5 Å². The van der Waals surface area contributed by atoms with Gasteiger partial charge in [0, 0.05) is 43.7 Å². The van der Waals surface area contributed by atoms with Crippen molar-refractivity contribution in [3.63, 3.8) is 0 Å². The third kappa shape index (κ3) is 5.08. The molecule has 2 unspecified atom stereocenters. The second kappa shape index (κ2) is 11.9. The number of rotatable bonds is 8. The second-order valence-electron chi connectivity index (χ2n) is 12.2. The number of aromatic nitrogens is 5. The van der Waals surface area contributed by atoms with Crippen molar-refractivity contribution in [1.29, 1.82) is 0 Å². The fourth-order valence-electron chi connectivity index (χ4n) is 6.94. The Morgan fingerprint density at radius 2 is 1.73 bits per heavy atom. The molecule has 0 aliphatic carbocycles. The number of likely N-dealkylation sites (tertiary alicyclic amines) is 1. The Morgan fingerprint density at radius 3 is 2.56 bits per heavy atom. The molecule has 3 aromatic carbocycles. The Labute approximate surface area is 262 Å². The molecule has 10 nitrogen and oxygen atoms in total. The second-order valence-corrected chi connectivity index (χ2v) is 12.2. The van der Waals surface area contributed by atoms with Gasteiger partial charge in [-0.25, -0.2) is 0 Å². The SMILES string of the molecule is COCCC1CCCCN1C(=O)CN1C(=O)C(C)(Cc2n[nH]c3ccccc23)c2nnc(-c3ccccc3)n2-c2ccccc21. The molecule has 0 radical (unpaired) electrons. The van der Waals surface area contributed by atoms with E-state index in [9.17, 15) is 4.79 Å². The van der Waals surface area contributed by atoms with Gasteiger partial charge in [-0.1, -0.05) is 60.7 Å². The lowest BCUT2D eigenvalue weighted by Crippen LogP contribution is -2.53. The summed E-state index contributed by atoms with van der Waals surface area (Å²) in [6.45, 7) is 3.10. The maximum atomic E-state index is 15.1. The highest BCUT2D eigenvalue weighted by Gasteiger charge is 2.48. The zero-order valence-corrected chi connectivity index (χ0v) is 25.6. The summed E-state index contributed by atoms with van der Waals surface area (Å²) >= 11 is 0. The van der Waals surface area contributed by atoms with E-state index >= 15 is 4.79 Å². The van der Waals surface area contributed by atoms with Crippen LogP contribution >= 0.6 is 0 Å². The van der Waals surface area contributed by atoms with E-state index in [0.717, 1.165) is 53.5 Å². The fraction of sp³-hybridized carbons (Fsp3) is 0.343. The average Bonchev–Trinajstić information content (AvgIpc) is 3.70. The summed E-state index contributed by atoms with van der Waals surface area (Å²) in [5.74, 6) is 0.864. The summed E-state index contributed by atoms with van der Waals surface area (Å²) in [7, 11) is 1.69. The molecular formula is C35H37N7O3. The number of benzene rings is 3. The van der Waals surface area contributed by atoms with Gasteiger partial charge in [0.15, 0.2) is 11.6 Å². The number of carbonyl (C=O) groups excluding carboxylic acids is 2. The van der Waals surface area contributed by atoms with E-state index < -0.39 is 5.41 Å². The van der Waals surface area contributed by atoms with Crippen molar-refractivity contribution in [3.05, 3.63) is 90.4 Å². The molecule has 2 aliphatic rings. The molecule has 1 saturated heterocycles. The van der Waals surface area contributed by atoms with Gasteiger partial charge in [-0.2, -0.15) is 5.10 Å². The van der Waals surface area contributed by atoms with E-state index in [2.05, 4.69) is 15.3 Å². The van der Waals surface area contributed by atoms with Gasteiger partial charge in [-0.3, -0.25) is 19.3 Å². The summed E-state index contributed by atoms with van der Waals surface area (Å²) in [6, 6.07) is 25.6. The lowest BCUT2D eigenvalue weighted by atomic mass is 9.82. The Morgan fingerprint density at radius 1 is 0.978 bits per heavy atom. The van der Waals surface area contributed by atoms with Gasteiger partial charge in [-0.05, 0) is 50.8 Å². The maximum absolute atomic E-state index is 15.1. The first kappa shape index (κ1) is 28.9. The lowest BCUT2D eigenvalue weighted by Gasteiger charge is -2.38. The van der Waals surface area contributed by atoms with E-state index in [-0.39, 0.29) is 30.8 Å². The number of methoxy groups -OCH3 is 1.